The summed E-state index contributed by atoms with van der Waals surface area (Å²) >= 11 is 0. The van der Waals surface area contributed by atoms with Crippen LogP contribution in [0.5, 0.6) is 11.5 Å². The Morgan fingerprint density at radius 1 is 0.943 bits per heavy atom. The lowest BCUT2D eigenvalue weighted by molar-refractivity contribution is -0.121. The van der Waals surface area contributed by atoms with Crippen LogP contribution < -0.4 is 14.8 Å². The standard InChI is InChI=1S/C25H32N4O5S/c1-19(25(30)26-21-5-7-22(8-6-21)35(31,32)29-10-2-3-11-29)28-14-12-27(13-15-28)17-20-4-9-23-24(16-20)34-18-33-23/h4-9,16,19H,2-3,10-15,17-18H2,1H3,(H,26,30). The average Bonchev–Trinajstić information content (AvgIpc) is 3.57. The molecule has 2 fully saturated rings. The van der Waals surface area contributed by atoms with Gasteiger partial charge in [-0.2, -0.15) is 4.31 Å². The normalized spacial score (nSPS) is 20.1. The second-order valence-corrected chi connectivity index (χ2v) is 11.2. The summed E-state index contributed by atoms with van der Waals surface area (Å²) in [5.41, 5.74) is 1.78. The molecular formula is C25H32N4O5S. The van der Waals surface area contributed by atoms with Crippen LogP contribution in [0.3, 0.4) is 0 Å². The van der Waals surface area contributed by atoms with Gasteiger partial charge in [0.25, 0.3) is 0 Å². The summed E-state index contributed by atoms with van der Waals surface area (Å²) in [4.78, 5) is 17.7. The monoisotopic (exact) mass is 500 g/mol. The van der Waals surface area contributed by atoms with Gasteiger partial charge in [-0.3, -0.25) is 14.6 Å². The van der Waals surface area contributed by atoms with Crippen LogP contribution in [0, 0.1) is 0 Å². The van der Waals surface area contributed by atoms with Crippen molar-refractivity contribution < 1.29 is 22.7 Å². The Morgan fingerprint density at radius 3 is 2.34 bits per heavy atom. The predicted molar refractivity (Wildman–Crippen MR) is 132 cm³/mol. The molecular weight excluding hydrogens is 468 g/mol. The average molecular weight is 501 g/mol. The molecule has 188 valence electrons. The first-order chi connectivity index (χ1) is 16.9. The van der Waals surface area contributed by atoms with E-state index < -0.39 is 10.0 Å². The lowest BCUT2D eigenvalue weighted by atomic mass is 10.1. The molecule has 2 saturated heterocycles. The van der Waals surface area contributed by atoms with Crippen molar-refractivity contribution in [1.82, 2.24) is 14.1 Å². The molecule has 3 heterocycles. The fourth-order valence-corrected chi connectivity index (χ4v) is 6.32. The largest absolute Gasteiger partial charge is 0.454 e. The molecule has 0 aliphatic carbocycles. The minimum atomic E-state index is -3.45. The van der Waals surface area contributed by atoms with Crippen LogP contribution in [0.4, 0.5) is 5.69 Å². The van der Waals surface area contributed by atoms with Gasteiger partial charge in [-0.05, 0) is 61.7 Å². The van der Waals surface area contributed by atoms with Gasteiger partial charge in [-0.1, -0.05) is 6.07 Å². The molecule has 0 radical (unpaired) electrons. The number of carbonyl (C=O) groups is 1. The van der Waals surface area contributed by atoms with Gasteiger partial charge in [-0.25, -0.2) is 8.42 Å². The smallest absolute Gasteiger partial charge is 0.243 e. The van der Waals surface area contributed by atoms with Crippen LogP contribution in [-0.2, 0) is 21.4 Å². The highest BCUT2D eigenvalue weighted by molar-refractivity contribution is 7.89. The van der Waals surface area contributed by atoms with Crippen molar-refractivity contribution in [3.05, 3.63) is 48.0 Å². The summed E-state index contributed by atoms with van der Waals surface area (Å²) in [5, 5.41) is 2.93. The van der Waals surface area contributed by atoms with E-state index in [2.05, 4.69) is 21.2 Å². The number of amides is 1. The molecule has 2 aromatic rings. The van der Waals surface area contributed by atoms with Gasteiger partial charge in [0.1, 0.15) is 0 Å². The Kier molecular flexibility index (Phi) is 6.97. The Labute approximate surface area is 206 Å². The maximum atomic E-state index is 12.9. The number of piperazine rings is 1. The molecule has 5 rings (SSSR count). The van der Waals surface area contributed by atoms with Crippen LogP contribution in [-0.4, -0.2) is 80.5 Å². The first-order valence-electron chi connectivity index (χ1n) is 12.2. The number of nitrogens with one attached hydrogen (secondary N) is 1. The molecule has 0 aromatic heterocycles. The van der Waals surface area contributed by atoms with E-state index in [1.165, 1.54) is 9.87 Å². The topological polar surface area (TPSA) is 91.4 Å². The number of anilines is 1. The maximum Gasteiger partial charge on any atom is 0.243 e. The van der Waals surface area contributed by atoms with E-state index >= 15 is 0 Å². The Balaban J connectivity index is 1.11. The molecule has 3 aliphatic rings. The third kappa shape index (κ3) is 5.30. The molecule has 10 heteroatoms. The first kappa shape index (κ1) is 24.1. The second kappa shape index (κ2) is 10.1. The number of benzene rings is 2. The fraction of sp³-hybridized carbons (Fsp3) is 0.480. The summed E-state index contributed by atoms with van der Waals surface area (Å²) < 4.78 is 37.8. The first-order valence-corrected chi connectivity index (χ1v) is 13.6. The fourth-order valence-electron chi connectivity index (χ4n) is 4.81. The van der Waals surface area contributed by atoms with E-state index in [4.69, 9.17) is 9.47 Å². The Hall–Kier alpha value is -2.66. The molecule has 0 spiro atoms. The highest BCUT2D eigenvalue weighted by atomic mass is 32.2. The van der Waals surface area contributed by atoms with Crippen molar-refractivity contribution >= 4 is 21.6 Å². The van der Waals surface area contributed by atoms with Gasteiger partial charge in [0, 0.05) is 51.5 Å². The highest BCUT2D eigenvalue weighted by Gasteiger charge is 2.28. The van der Waals surface area contributed by atoms with Gasteiger partial charge in [0.15, 0.2) is 11.5 Å². The highest BCUT2D eigenvalue weighted by Crippen LogP contribution is 2.33. The number of nitrogens with zero attached hydrogens (tertiary/aromatic N) is 3. The molecule has 1 atom stereocenters. The molecule has 0 saturated carbocycles. The van der Waals surface area contributed by atoms with Crippen molar-refractivity contribution in [2.24, 2.45) is 0 Å². The molecule has 0 bridgehead atoms. The van der Waals surface area contributed by atoms with E-state index in [-0.39, 0.29) is 23.6 Å². The van der Waals surface area contributed by atoms with Crippen LogP contribution in [0.2, 0.25) is 0 Å². The lowest BCUT2D eigenvalue weighted by Gasteiger charge is -2.37. The lowest BCUT2D eigenvalue weighted by Crippen LogP contribution is -2.52. The van der Waals surface area contributed by atoms with E-state index in [9.17, 15) is 13.2 Å². The van der Waals surface area contributed by atoms with Gasteiger partial charge in [0.05, 0.1) is 10.9 Å². The van der Waals surface area contributed by atoms with Gasteiger partial charge < -0.3 is 14.8 Å². The summed E-state index contributed by atoms with van der Waals surface area (Å²) in [7, 11) is -3.45. The number of carbonyl (C=O) groups excluding carboxylic acids is 1. The number of hydrogen-bond donors (Lipinski definition) is 1. The Morgan fingerprint density at radius 2 is 1.63 bits per heavy atom. The van der Waals surface area contributed by atoms with Crippen LogP contribution in [0.1, 0.15) is 25.3 Å². The van der Waals surface area contributed by atoms with Crippen molar-refractivity contribution in [3.8, 4) is 11.5 Å². The molecule has 3 aliphatic heterocycles. The second-order valence-electron chi connectivity index (χ2n) is 9.30. The molecule has 1 amide bonds. The summed E-state index contributed by atoms with van der Waals surface area (Å²) in [6, 6.07) is 12.2. The van der Waals surface area contributed by atoms with Crippen LogP contribution >= 0.6 is 0 Å². The molecule has 2 aromatic carbocycles. The maximum absolute atomic E-state index is 12.9. The molecule has 1 unspecified atom stereocenters. The predicted octanol–water partition coefficient (Wildman–Crippen LogP) is 2.34. The summed E-state index contributed by atoms with van der Waals surface area (Å²) in [6.45, 7) is 7.50. The minimum Gasteiger partial charge on any atom is -0.454 e. The quantitative estimate of drug-likeness (QED) is 0.624. The van der Waals surface area contributed by atoms with Crippen molar-refractivity contribution in [3.63, 3.8) is 0 Å². The van der Waals surface area contributed by atoms with E-state index in [1.54, 1.807) is 24.3 Å². The molecule has 9 nitrogen and oxygen atoms in total. The van der Waals surface area contributed by atoms with Gasteiger partial charge in [0.2, 0.25) is 22.7 Å². The third-order valence-corrected chi connectivity index (χ3v) is 8.91. The number of hydrogen-bond acceptors (Lipinski definition) is 7. The van der Waals surface area contributed by atoms with E-state index in [1.807, 2.05) is 19.1 Å². The molecule has 1 N–H and O–H groups in total. The van der Waals surface area contributed by atoms with E-state index in [0.717, 1.165) is 57.1 Å². The number of sulfonamides is 1. The summed E-state index contributed by atoms with van der Waals surface area (Å²) in [6.07, 6.45) is 1.80. The van der Waals surface area contributed by atoms with Crippen molar-refractivity contribution in [2.75, 3.05) is 51.4 Å². The van der Waals surface area contributed by atoms with Crippen molar-refractivity contribution in [1.29, 1.82) is 0 Å². The van der Waals surface area contributed by atoms with Crippen molar-refractivity contribution in [2.45, 2.75) is 37.2 Å². The SMILES string of the molecule is CC(C(=O)Nc1ccc(S(=O)(=O)N2CCCC2)cc1)N1CCN(Cc2ccc3c(c2)OCO3)CC1. The van der Waals surface area contributed by atoms with E-state index in [0.29, 0.717) is 18.8 Å². The number of fused-ring (bicyclic) bond motifs is 1. The number of rotatable bonds is 7. The third-order valence-electron chi connectivity index (χ3n) is 7.00. The van der Waals surface area contributed by atoms with Gasteiger partial charge >= 0.3 is 0 Å². The van der Waals surface area contributed by atoms with Gasteiger partial charge in [-0.15, -0.1) is 0 Å². The zero-order valence-electron chi connectivity index (χ0n) is 20.0. The van der Waals surface area contributed by atoms with Crippen LogP contribution in [0.15, 0.2) is 47.4 Å². The summed E-state index contributed by atoms with van der Waals surface area (Å²) in [5.74, 6) is 1.50. The molecule has 35 heavy (non-hydrogen) atoms. The number of ether oxygens (including phenoxy) is 2. The zero-order valence-corrected chi connectivity index (χ0v) is 20.8. The van der Waals surface area contributed by atoms with Crippen LogP contribution in [0.25, 0.3) is 0 Å². The minimum absolute atomic E-state index is 0.0932. The Bertz CT molecular complexity index is 1160. The zero-order chi connectivity index (χ0) is 24.4.